The van der Waals surface area contributed by atoms with E-state index >= 15 is 0 Å². The molecule has 0 saturated carbocycles. The molecule has 2 amide bonds. The second-order valence-electron chi connectivity index (χ2n) is 5.74. The number of pyridine rings is 1. The molecule has 6 heteroatoms. The number of rotatable bonds is 5. The van der Waals surface area contributed by atoms with Crippen molar-refractivity contribution in [1.82, 2.24) is 9.88 Å². The molecule has 1 N–H and O–H groups in total. The van der Waals surface area contributed by atoms with E-state index in [4.69, 9.17) is 0 Å². The summed E-state index contributed by atoms with van der Waals surface area (Å²) in [4.78, 5) is 31.0. The predicted molar refractivity (Wildman–Crippen MR) is 92.9 cm³/mol. The van der Waals surface area contributed by atoms with Crippen LogP contribution in [0.2, 0.25) is 0 Å². The molecule has 1 fully saturated rings. The summed E-state index contributed by atoms with van der Waals surface area (Å²) in [5, 5.41) is 2.81. The fourth-order valence-electron chi connectivity index (χ4n) is 2.70. The van der Waals surface area contributed by atoms with Crippen LogP contribution in [0.1, 0.15) is 5.56 Å². The van der Waals surface area contributed by atoms with Gasteiger partial charge in [-0.1, -0.05) is 30.3 Å². The fraction of sp³-hybridized carbons (Fsp3) is 0.278. The number of hydrogen-bond acceptors (Lipinski definition) is 4. The fourth-order valence-corrected chi connectivity index (χ4v) is 2.70. The number of amides is 2. The second kappa shape index (κ2) is 7.59. The highest BCUT2D eigenvalue weighted by Gasteiger charge is 2.16. The van der Waals surface area contributed by atoms with Gasteiger partial charge < -0.3 is 15.1 Å². The maximum Gasteiger partial charge on any atom is 0.229 e. The van der Waals surface area contributed by atoms with Crippen LogP contribution >= 0.6 is 0 Å². The number of piperazine rings is 1. The molecule has 0 radical (unpaired) electrons. The van der Waals surface area contributed by atoms with Crippen LogP contribution in [0, 0.1) is 0 Å². The first-order chi connectivity index (χ1) is 11.7. The summed E-state index contributed by atoms with van der Waals surface area (Å²) in [6, 6.07) is 13.4. The number of hydrogen-bond donors (Lipinski definition) is 1. The standard InChI is InChI=1S/C18H20N4O2/c23-14-21-8-10-22(11-9-21)16-6-7-17(19-13-16)20-18(24)12-15-4-2-1-3-5-15/h1-7,13-14H,8-12H2,(H,19,20,24). The third kappa shape index (κ3) is 4.10. The molecule has 1 aliphatic rings. The summed E-state index contributed by atoms with van der Waals surface area (Å²) in [6.45, 7) is 3.03. The summed E-state index contributed by atoms with van der Waals surface area (Å²) in [5.41, 5.74) is 1.97. The molecule has 124 valence electrons. The van der Waals surface area contributed by atoms with E-state index in [2.05, 4.69) is 15.2 Å². The summed E-state index contributed by atoms with van der Waals surface area (Å²) in [6.07, 6.45) is 2.98. The van der Waals surface area contributed by atoms with Gasteiger partial charge in [0, 0.05) is 26.2 Å². The molecular formula is C18H20N4O2. The van der Waals surface area contributed by atoms with Crippen molar-refractivity contribution in [1.29, 1.82) is 0 Å². The molecule has 2 heterocycles. The Kier molecular flexibility index (Phi) is 5.05. The topological polar surface area (TPSA) is 65.5 Å². The van der Waals surface area contributed by atoms with Crippen LogP contribution < -0.4 is 10.2 Å². The third-order valence-electron chi connectivity index (χ3n) is 4.05. The second-order valence-corrected chi connectivity index (χ2v) is 5.74. The normalized spacial score (nSPS) is 14.3. The molecule has 0 atom stereocenters. The summed E-state index contributed by atoms with van der Waals surface area (Å²) >= 11 is 0. The highest BCUT2D eigenvalue weighted by atomic mass is 16.1. The molecule has 1 aromatic carbocycles. The Balaban J connectivity index is 1.55. The summed E-state index contributed by atoms with van der Waals surface area (Å²) in [7, 11) is 0. The Morgan fingerprint density at radius 2 is 1.83 bits per heavy atom. The number of benzene rings is 1. The molecule has 0 unspecified atom stereocenters. The number of anilines is 2. The zero-order valence-electron chi connectivity index (χ0n) is 13.4. The Labute approximate surface area is 141 Å². The SMILES string of the molecule is O=CN1CCN(c2ccc(NC(=O)Cc3ccccc3)nc2)CC1. The molecular weight excluding hydrogens is 304 g/mol. The van der Waals surface area contributed by atoms with Gasteiger partial charge in [0.15, 0.2) is 0 Å². The highest BCUT2D eigenvalue weighted by Crippen LogP contribution is 2.17. The van der Waals surface area contributed by atoms with Crippen LogP contribution in [-0.2, 0) is 16.0 Å². The van der Waals surface area contributed by atoms with E-state index < -0.39 is 0 Å². The van der Waals surface area contributed by atoms with Gasteiger partial charge in [0.2, 0.25) is 12.3 Å². The van der Waals surface area contributed by atoms with Crippen LogP contribution in [0.15, 0.2) is 48.7 Å². The average molecular weight is 324 g/mol. The first-order valence-electron chi connectivity index (χ1n) is 7.99. The van der Waals surface area contributed by atoms with Crippen molar-refractivity contribution in [2.45, 2.75) is 6.42 Å². The number of nitrogens with zero attached hydrogens (tertiary/aromatic N) is 3. The molecule has 0 spiro atoms. The smallest absolute Gasteiger partial charge is 0.229 e. The van der Waals surface area contributed by atoms with Gasteiger partial charge in [-0.25, -0.2) is 4.98 Å². The first-order valence-corrected chi connectivity index (χ1v) is 7.99. The third-order valence-corrected chi connectivity index (χ3v) is 4.05. The molecule has 1 aromatic heterocycles. The maximum absolute atomic E-state index is 12.0. The Hall–Kier alpha value is -2.89. The lowest BCUT2D eigenvalue weighted by Gasteiger charge is -2.33. The van der Waals surface area contributed by atoms with Gasteiger partial charge in [-0.15, -0.1) is 0 Å². The largest absolute Gasteiger partial charge is 0.367 e. The summed E-state index contributed by atoms with van der Waals surface area (Å²) < 4.78 is 0. The molecule has 1 saturated heterocycles. The number of nitrogens with one attached hydrogen (secondary N) is 1. The quantitative estimate of drug-likeness (QED) is 0.848. The minimum Gasteiger partial charge on any atom is -0.367 e. The van der Waals surface area contributed by atoms with E-state index in [0.717, 1.165) is 43.8 Å². The lowest BCUT2D eigenvalue weighted by Crippen LogP contribution is -2.45. The van der Waals surface area contributed by atoms with Crippen LogP contribution in [0.4, 0.5) is 11.5 Å². The van der Waals surface area contributed by atoms with Crippen molar-refractivity contribution < 1.29 is 9.59 Å². The summed E-state index contributed by atoms with van der Waals surface area (Å²) in [5.74, 6) is 0.465. The predicted octanol–water partition coefficient (Wildman–Crippen LogP) is 1.54. The van der Waals surface area contributed by atoms with E-state index in [1.54, 1.807) is 11.1 Å². The van der Waals surface area contributed by atoms with Gasteiger partial charge in [0.05, 0.1) is 18.3 Å². The van der Waals surface area contributed by atoms with Gasteiger partial charge >= 0.3 is 0 Å². The van der Waals surface area contributed by atoms with Crippen molar-refractivity contribution in [3.63, 3.8) is 0 Å². The van der Waals surface area contributed by atoms with Gasteiger partial charge in [0.1, 0.15) is 5.82 Å². The molecule has 6 nitrogen and oxygen atoms in total. The number of aromatic nitrogens is 1. The van der Waals surface area contributed by atoms with Crippen molar-refractivity contribution >= 4 is 23.8 Å². The number of carbonyl (C=O) groups is 2. The molecule has 3 rings (SSSR count). The Bertz CT molecular complexity index is 680. The van der Waals surface area contributed by atoms with Crippen molar-refractivity contribution in [3.05, 3.63) is 54.2 Å². The van der Waals surface area contributed by atoms with E-state index in [0.29, 0.717) is 12.2 Å². The minimum atomic E-state index is -0.0824. The van der Waals surface area contributed by atoms with E-state index in [1.807, 2.05) is 42.5 Å². The van der Waals surface area contributed by atoms with Crippen LogP contribution in [0.5, 0.6) is 0 Å². The van der Waals surface area contributed by atoms with E-state index in [-0.39, 0.29) is 5.91 Å². The zero-order chi connectivity index (χ0) is 16.8. The first kappa shape index (κ1) is 16.0. The number of carbonyl (C=O) groups excluding carboxylic acids is 2. The van der Waals surface area contributed by atoms with Crippen molar-refractivity contribution in [2.24, 2.45) is 0 Å². The Morgan fingerprint density at radius 3 is 2.46 bits per heavy atom. The minimum absolute atomic E-state index is 0.0824. The van der Waals surface area contributed by atoms with Gasteiger partial charge in [-0.2, -0.15) is 0 Å². The maximum atomic E-state index is 12.0. The molecule has 0 bridgehead atoms. The van der Waals surface area contributed by atoms with Gasteiger partial charge in [0.25, 0.3) is 0 Å². The van der Waals surface area contributed by atoms with Crippen molar-refractivity contribution in [2.75, 3.05) is 36.4 Å². The van der Waals surface area contributed by atoms with E-state index in [1.165, 1.54) is 0 Å². The molecule has 2 aromatic rings. The molecule has 0 aliphatic carbocycles. The van der Waals surface area contributed by atoms with E-state index in [9.17, 15) is 9.59 Å². The van der Waals surface area contributed by atoms with Crippen LogP contribution in [0.3, 0.4) is 0 Å². The molecule has 24 heavy (non-hydrogen) atoms. The average Bonchev–Trinajstić information content (AvgIpc) is 2.63. The lowest BCUT2D eigenvalue weighted by molar-refractivity contribution is -0.118. The van der Waals surface area contributed by atoms with Crippen LogP contribution in [-0.4, -0.2) is 48.4 Å². The highest BCUT2D eigenvalue weighted by molar-refractivity contribution is 5.91. The van der Waals surface area contributed by atoms with Crippen molar-refractivity contribution in [3.8, 4) is 0 Å². The van der Waals surface area contributed by atoms with Gasteiger partial charge in [-0.3, -0.25) is 9.59 Å². The Morgan fingerprint density at radius 1 is 1.08 bits per heavy atom. The van der Waals surface area contributed by atoms with Gasteiger partial charge in [-0.05, 0) is 17.7 Å². The van der Waals surface area contributed by atoms with Crippen LogP contribution in [0.25, 0.3) is 0 Å². The zero-order valence-corrected chi connectivity index (χ0v) is 13.4. The molecule has 1 aliphatic heterocycles. The lowest BCUT2D eigenvalue weighted by atomic mass is 10.1. The monoisotopic (exact) mass is 324 g/mol.